The summed E-state index contributed by atoms with van der Waals surface area (Å²) in [4.78, 5) is 9.25. The molecule has 5 N–H and O–H groups in total. The number of anilines is 2. The molecule has 1 fully saturated rings. The van der Waals surface area contributed by atoms with E-state index in [0.29, 0.717) is 11.7 Å². The number of hydrogen-bond acceptors (Lipinski definition) is 6. The molecule has 124 valence electrons. The summed E-state index contributed by atoms with van der Waals surface area (Å²) in [5, 5.41) is 6.43. The molecule has 1 aliphatic heterocycles. The summed E-state index contributed by atoms with van der Waals surface area (Å²) in [7, 11) is 0. The van der Waals surface area contributed by atoms with E-state index in [9.17, 15) is 0 Å². The van der Waals surface area contributed by atoms with E-state index in [2.05, 4.69) is 45.8 Å². The standard InChI is InChI=1S/C18H21N5S/c1-10-8-12(2-3-13(10)11-4-6-21-7-5-11)14-9-24-17-15(14)16(19)22-18(20)23-17/h2-3,8-9,11,21H,4-7H2,1H3,(H4,19,20,22,23). The lowest BCUT2D eigenvalue weighted by molar-refractivity contribution is 0.459. The van der Waals surface area contributed by atoms with Crippen molar-refractivity contribution in [3.05, 3.63) is 34.7 Å². The van der Waals surface area contributed by atoms with Crippen LogP contribution in [0.2, 0.25) is 0 Å². The highest BCUT2D eigenvalue weighted by Crippen LogP contribution is 2.38. The summed E-state index contributed by atoms with van der Waals surface area (Å²) in [5.41, 5.74) is 16.9. The van der Waals surface area contributed by atoms with Crippen LogP contribution in [-0.4, -0.2) is 23.1 Å². The van der Waals surface area contributed by atoms with Gasteiger partial charge in [-0.3, -0.25) is 0 Å². The molecule has 1 saturated heterocycles. The van der Waals surface area contributed by atoms with Gasteiger partial charge in [-0.1, -0.05) is 18.2 Å². The van der Waals surface area contributed by atoms with Crippen molar-refractivity contribution in [3.8, 4) is 11.1 Å². The molecule has 1 aromatic carbocycles. The molecule has 24 heavy (non-hydrogen) atoms. The minimum Gasteiger partial charge on any atom is -0.383 e. The molecular weight excluding hydrogens is 318 g/mol. The maximum absolute atomic E-state index is 6.09. The van der Waals surface area contributed by atoms with E-state index in [4.69, 9.17) is 11.5 Å². The van der Waals surface area contributed by atoms with Crippen molar-refractivity contribution < 1.29 is 0 Å². The van der Waals surface area contributed by atoms with E-state index in [1.165, 1.54) is 24.0 Å². The second-order valence-corrected chi connectivity index (χ2v) is 7.25. The van der Waals surface area contributed by atoms with Crippen LogP contribution in [-0.2, 0) is 0 Å². The van der Waals surface area contributed by atoms with Crippen molar-refractivity contribution in [1.29, 1.82) is 0 Å². The van der Waals surface area contributed by atoms with Crippen molar-refractivity contribution >= 4 is 33.3 Å². The third-order valence-corrected chi connectivity index (χ3v) is 5.71. The van der Waals surface area contributed by atoms with Crippen molar-refractivity contribution in [2.24, 2.45) is 0 Å². The van der Waals surface area contributed by atoms with Crippen molar-refractivity contribution in [3.63, 3.8) is 0 Å². The highest BCUT2D eigenvalue weighted by atomic mass is 32.1. The SMILES string of the molecule is Cc1cc(-c2csc3nc(N)nc(N)c23)ccc1C1CCNCC1. The normalized spacial score (nSPS) is 15.9. The Labute approximate surface area is 145 Å². The lowest BCUT2D eigenvalue weighted by atomic mass is 9.86. The predicted molar refractivity (Wildman–Crippen MR) is 101 cm³/mol. The number of rotatable bonds is 2. The number of nitrogens with zero attached hydrogens (tertiary/aromatic N) is 2. The van der Waals surface area contributed by atoms with E-state index < -0.39 is 0 Å². The number of piperidine rings is 1. The Morgan fingerprint density at radius 1 is 1.17 bits per heavy atom. The van der Waals surface area contributed by atoms with Gasteiger partial charge in [-0.2, -0.15) is 4.98 Å². The Hall–Kier alpha value is -2.18. The van der Waals surface area contributed by atoms with Gasteiger partial charge in [0.15, 0.2) is 0 Å². The van der Waals surface area contributed by atoms with Gasteiger partial charge in [0.05, 0.1) is 5.39 Å². The summed E-state index contributed by atoms with van der Waals surface area (Å²) in [6, 6.07) is 6.73. The third kappa shape index (κ3) is 2.61. The van der Waals surface area contributed by atoms with Gasteiger partial charge in [0.25, 0.3) is 0 Å². The number of aromatic nitrogens is 2. The summed E-state index contributed by atoms with van der Waals surface area (Å²) >= 11 is 1.56. The van der Waals surface area contributed by atoms with Gasteiger partial charge in [-0.15, -0.1) is 11.3 Å². The number of hydrogen-bond donors (Lipinski definition) is 3. The highest BCUT2D eigenvalue weighted by molar-refractivity contribution is 7.17. The maximum Gasteiger partial charge on any atom is 0.223 e. The van der Waals surface area contributed by atoms with Crippen LogP contribution in [0.1, 0.15) is 29.9 Å². The van der Waals surface area contributed by atoms with Crippen LogP contribution in [0.3, 0.4) is 0 Å². The average molecular weight is 339 g/mol. The zero-order valence-electron chi connectivity index (χ0n) is 13.7. The maximum atomic E-state index is 6.09. The minimum absolute atomic E-state index is 0.228. The van der Waals surface area contributed by atoms with E-state index in [-0.39, 0.29) is 5.95 Å². The van der Waals surface area contributed by atoms with E-state index in [1.54, 1.807) is 11.3 Å². The first-order valence-corrected chi connectivity index (χ1v) is 9.13. The molecule has 2 aromatic heterocycles. The molecule has 0 atom stereocenters. The molecule has 4 rings (SSSR count). The monoisotopic (exact) mass is 339 g/mol. The number of nitrogen functional groups attached to an aromatic ring is 2. The molecule has 0 saturated carbocycles. The quantitative estimate of drug-likeness (QED) is 0.666. The molecule has 1 aliphatic rings. The summed E-state index contributed by atoms with van der Waals surface area (Å²) in [5.74, 6) is 1.34. The molecule has 0 spiro atoms. The number of nitrogens with two attached hydrogens (primary N) is 2. The fourth-order valence-corrected chi connectivity index (χ4v) is 4.59. The molecular formula is C18H21N5S. The van der Waals surface area contributed by atoms with Crippen LogP contribution in [0.5, 0.6) is 0 Å². The zero-order chi connectivity index (χ0) is 16.7. The zero-order valence-corrected chi connectivity index (χ0v) is 14.5. The summed E-state index contributed by atoms with van der Waals surface area (Å²) < 4.78 is 0. The molecule has 0 unspecified atom stereocenters. The molecule has 3 aromatic rings. The molecule has 0 amide bonds. The predicted octanol–water partition coefficient (Wildman–Crippen LogP) is 3.30. The number of thiophene rings is 1. The number of fused-ring (bicyclic) bond motifs is 1. The Bertz CT molecular complexity index is 896. The first kappa shape index (κ1) is 15.4. The second kappa shape index (κ2) is 6.03. The number of benzene rings is 1. The van der Waals surface area contributed by atoms with Gasteiger partial charge in [0.2, 0.25) is 5.95 Å². The van der Waals surface area contributed by atoms with Gasteiger partial charge >= 0.3 is 0 Å². The fourth-order valence-electron chi connectivity index (χ4n) is 3.63. The lowest BCUT2D eigenvalue weighted by Crippen LogP contribution is -2.26. The van der Waals surface area contributed by atoms with Gasteiger partial charge in [-0.05, 0) is 55.5 Å². The van der Waals surface area contributed by atoms with Crippen LogP contribution in [0.4, 0.5) is 11.8 Å². The lowest BCUT2D eigenvalue weighted by Gasteiger charge is -2.24. The molecule has 5 nitrogen and oxygen atoms in total. The number of aryl methyl sites for hydroxylation is 1. The second-order valence-electron chi connectivity index (χ2n) is 6.39. The largest absolute Gasteiger partial charge is 0.383 e. The summed E-state index contributed by atoms with van der Waals surface area (Å²) in [6.07, 6.45) is 2.42. The van der Waals surface area contributed by atoms with Crippen molar-refractivity contribution in [1.82, 2.24) is 15.3 Å². The van der Waals surface area contributed by atoms with Gasteiger partial charge in [0.1, 0.15) is 10.6 Å². The van der Waals surface area contributed by atoms with Crippen LogP contribution < -0.4 is 16.8 Å². The molecule has 6 heteroatoms. The smallest absolute Gasteiger partial charge is 0.223 e. The molecule has 0 radical (unpaired) electrons. The average Bonchev–Trinajstić information content (AvgIpc) is 2.99. The van der Waals surface area contributed by atoms with Crippen molar-refractivity contribution in [2.45, 2.75) is 25.7 Å². The first-order valence-electron chi connectivity index (χ1n) is 8.25. The molecule has 0 aliphatic carbocycles. The molecule has 0 bridgehead atoms. The van der Waals surface area contributed by atoms with E-state index in [0.717, 1.165) is 34.4 Å². The first-order chi connectivity index (χ1) is 11.6. The Morgan fingerprint density at radius 2 is 1.96 bits per heavy atom. The van der Waals surface area contributed by atoms with Gasteiger partial charge < -0.3 is 16.8 Å². The Morgan fingerprint density at radius 3 is 2.71 bits per heavy atom. The fraction of sp³-hybridized carbons (Fsp3) is 0.333. The minimum atomic E-state index is 0.228. The van der Waals surface area contributed by atoms with Crippen LogP contribution >= 0.6 is 11.3 Å². The van der Waals surface area contributed by atoms with Crippen LogP contribution in [0.25, 0.3) is 21.3 Å². The highest BCUT2D eigenvalue weighted by Gasteiger charge is 2.18. The van der Waals surface area contributed by atoms with Gasteiger partial charge in [0, 0.05) is 10.9 Å². The van der Waals surface area contributed by atoms with Crippen LogP contribution in [0, 0.1) is 6.92 Å². The van der Waals surface area contributed by atoms with Crippen molar-refractivity contribution in [2.75, 3.05) is 24.6 Å². The van der Waals surface area contributed by atoms with Gasteiger partial charge in [-0.25, -0.2) is 4.98 Å². The van der Waals surface area contributed by atoms with E-state index in [1.807, 2.05) is 0 Å². The topological polar surface area (TPSA) is 89.8 Å². The van der Waals surface area contributed by atoms with E-state index >= 15 is 0 Å². The molecule has 3 heterocycles. The summed E-state index contributed by atoms with van der Waals surface area (Å²) in [6.45, 7) is 4.42. The van der Waals surface area contributed by atoms with Crippen LogP contribution in [0.15, 0.2) is 23.6 Å². The third-order valence-electron chi connectivity index (χ3n) is 4.84. The Kier molecular flexibility index (Phi) is 3.86. The Balaban J connectivity index is 1.76. The number of nitrogens with one attached hydrogen (secondary N) is 1.